The van der Waals surface area contributed by atoms with Gasteiger partial charge in [-0.3, -0.25) is 4.79 Å². The van der Waals surface area contributed by atoms with Gasteiger partial charge in [0.1, 0.15) is 5.02 Å². The number of hydrogen-bond donors (Lipinski definition) is 0. The van der Waals surface area contributed by atoms with Crippen LogP contribution in [0.15, 0.2) is 23.2 Å². The predicted molar refractivity (Wildman–Crippen MR) is 94.2 cm³/mol. The third kappa shape index (κ3) is 3.40. The van der Waals surface area contributed by atoms with Gasteiger partial charge in [0.25, 0.3) is 0 Å². The Morgan fingerprint density at radius 2 is 1.76 bits per heavy atom. The molecule has 0 aromatic carbocycles. The highest BCUT2D eigenvalue weighted by atomic mass is 35.5. The van der Waals surface area contributed by atoms with Crippen molar-refractivity contribution in [2.24, 2.45) is 0 Å². The zero-order valence-corrected chi connectivity index (χ0v) is 16.0. The lowest BCUT2D eigenvalue weighted by Crippen LogP contribution is -2.26. The number of ketones is 1. The number of hydrogen-bond acceptors (Lipinski definition) is 3. The monoisotopic (exact) mass is 390 g/mol. The van der Waals surface area contributed by atoms with E-state index >= 15 is 4.39 Å². The summed E-state index contributed by atoms with van der Waals surface area (Å²) in [5.41, 5.74) is -1.28. The van der Waals surface area contributed by atoms with Gasteiger partial charge in [0, 0.05) is 6.20 Å². The number of rotatable bonds is 3. The molecule has 0 radical (unpaired) electrons. The zero-order valence-electron chi connectivity index (χ0n) is 14.5. The molecule has 0 N–H and O–H groups in total. The first-order valence-electron chi connectivity index (χ1n) is 7.32. The second-order valence-electron chi connectivity index (χ2n) is 6.82. The van der Waals surface area contributed by atoms with Crippen LogP contribution >= 0.6 is 21.6 Å². The molecule has 0 unspecified atom stereocenters. The molecule has 0 aliphatic heterocycles. The van der Waals surface area contributed by atoms with Gasteiger partial charge in [0.2, 0.25) is 17.7 Å². The Bertz CT molecular complexity index is 851. The van der Waals surface area contributed by atoms with Crippen molar-refractivity contribution < 1.29 is 18.0 Å². The van der Waals surface area contributed by atoms with E-state index in [9.17, 15) is 13.6 Å². The molecule has 0 fully saturated rings. The Kier molecular flexibility index (Phi) is 5.21. The van der Waals surface area contributed by atoms with E-state index in [4.69, 9.17) is 11.6 Å². The highest BCUT2D eigenvalue weighted by Gasteiger charge is 2.37. The van der Waals surface area contributed by atoms with Crippen molar-refractivity contribution in [2.75, 3.05) is 12.5 Å². The Morgan fingerprint density at radius 1 is 1.16 bits per heavy atom. The molecular formula is C17H18ClF3N2OS. The van der Waals surface area contributed by atoms with E-state index in [0.29, 0.717) is 0 Å². The van der Waals surface area contributed by atoms with Crippen LogP contribution in [0.1, 0.15) is 36.8 Å². The maximum absolute atomic E-state index is 15.2. The van der Waals surface area contributed by atoms with E-state index in [2.05, 4.69) is 9.97 Å². The second-order valence-corrected chi connectivity index (χ2v) is 11.5. The largest absolute Gasteiger partial charge is 0.287 e. The van der Waals surface area contributed by atoms with Crippen molar-refractivity contribution in [2.45, 2.75) is 30.4 Å². The number of carbonyl (C=O) groups excluding carboxylic acids is 1. The van der Waals surface area contributed by atoms with Gasteiger partial charge in [0.15, 0.2) is 11.5 Å². The highest BCUT2D eigenvalue weighted by Crippen LogP contribution is 2.62. The number of halogens is 4. The molecular weight excluding hydrogens is 373 g/mol. The molecule has 0 aliphatic carbocycles. The van der Waals surface area contributed by atoms with Gasteiger partial charge in [-0.25, -0.2) is 24.4 Å². The fourth-order valence-electron chi connectivity index (χ4n) is 2.08. The fraction of sp³-hybridized carbons (Fsp3) is 0.353. The molecule has 0 saturated carbocycles. The smallest absolute Gasteiger partial charge is 0.233 e. The molecule has 3 nitrogen and oxygen atoms in total. The molecule has 0 bridgehead atoms. The normalized spacial score (nSPS) is 13.0. The average Bonchev–Trinajstić information content (AvgIpc) is 2.49. The lowest BCUT2D eigenvalue weighted by molar-refractivity contribution is 0.102. The maximum Gasteiger partial charge on any atom is 0.233 e. The Labute approximate surface area is 151 Å². The van der Waals surface area contributed by atoms with Gasteiger partial charge in [-0.15, -0.1) is 0 Å². The first-order chi connectivity index (χ1) is 11.4. The molecule has 2 heterocycles. The molecule has 0 amide bonds. The van der Waals surface area contributed by atoms with Crippen LogP contribution in [0.3, 0.4) is 0 Å². The quantitative estimate of drug-likeness (QED) is 0.547. The van der Waals surface area contributed by atoms with Gasteiger partial charge in [-0.05, 0) is 29.4 Å². The molecule has 0 saturated heterocycles. The summed E-state index contributed by atoms with van der Waals surface area (Å²) in [6, 6.07) is 2.46. The first-order valence-corrected chi connectivity index (χ1v) is 10.1. The third-order valence-corrected chi connectivity index (χ3v) is 9.18. The van der Waals surface area contributed by atoms with Crippen LogP contribution in [-0.4, -0.2) is 33.0 Å². The van der Waals surface area contributed by atoms with Gasteiger partial charge in [-0.1, -0.05) is 32.4 Å². The van der Waals surface area contributed by atoms with Crippen LogP contribution in [-0.2, 0) is 0 Å². The number of carbonyl (C=O) groups is 1. The molecule has 0 spiro atoms. The second kappa shape index (κ2) is 6.61. The van der Waals surface area contributed by atoms with Crippen LogP contribution in [0.5, 0.6) is 0 Å². The summed E-state index contributed by atoms with van der Waals surface area (Å²) in [6.07, 6.45) is 4.70. The minimum absolute atomic E-state index is 0.0817. The molecule has 0 aliphatic rings. The Hall–Kier alpha value is -1.60. The lowest BCUT2D eigenvalue weighted by Gasteiger charge is -2.45. The predicted octanol–water partition coefficient (Wildman–Crippen LogP) is 5.00. The maximum atomic E-state index is 15.2. The van der Waals surface area contributed by atoms with Crippen LogP contribution < -0.4 is 0 Å². The molecule has 0 atom stereocenters. The SMILES string of the molecule is CC(C)(C)S(C)(C)c1c(F)c(C(=O)c2cccnc2F)nc(F)c1Cl. The van der Waals surface area contributed by atoms with Crippen molar-refractivity contribution in [1.82, 2.24) is 9.97 Å². The van der Waals surface area contributed by atoms with E-state index in [1.165, 1.54) is 6.07 Å². The molecule has 136 valence electrons. The van der Waals surface area contributed by atoms with Crippen molar-refractivity contribution >= 4 is 27.4 Å². The molecule has 2 aromatic heterocycles. The minimum atomic E-state index is -1.96. The van der Waals surface area contributed by atoms with E-state index in [-0.39, 0.29) is 4.90 Å². The molecule has 8 heteroatoms. The number of aromatic nitrogens is 2. The molecule has 2 aromatic rings. The number of pyridine rings is 2. The van der Waals surface area contributed by atoms with Crippen molar-refractivity contribution in [3.05, 3.63) is 52.3 Å². The zero-order chi connectivity index (χ0) is 19.2. The van der Waals surface area contributed by atoms with Crippen molar-refractivity contribution in [1.29, 1.82) is 0 Å². The van der Waals surface area contributed by atoms with Crippen LogP contribution in [0.4, 0.5) is 13.2 Å². The fourth-order valence-corrected chi connectivity index (χ4v) is 4.47. The van der Waals surface area contributed by atoms with E-state index in [0.717, 1.165) is 12.3 Å². The highest BCUT2D eigenvalue weighted by molar-refractivity contribution is 8.33. The summed E-state index contributed by atoms with van der Waals surface area (Å²) in [4.78, 5) is 19.1. The van der Waals surface area contributed by atoms with Crippen molar-refractivity contribution in [3.63, 3.8) is 0 Å². The average molecular weight is 391 g/mol. The van der Waals surface area contributed by atoms with Gasteiger partial charge < -0.3 is 0 Å². The van der Waals surface area contributed by atoms with Crippen LogP contribution in [0.2, 0.25) is 5.02 Å². The Balaban J connectivity index is 2.76. The van der Waals surface area contributed by atoms with E-state index in [1.54, 1.807) is 12.5 Å². The summed E-state index contributed by atoms with van der Waals surface area (Å²) in [5.74, 6) is -4.33. The van der Waals surface area contributed by atoms with E-state index in [1.807, 2.05) is 20.8 Å². The summed E-state index contributed by atoms with van der Waals surface area (Å²) >= 11 is 5.99. The number of nitrogens with zero attached hydrogens (tertiary/aromatic N) is 2. The van der Waals surface area contributed by atoms with Gasteiger partial charge in [0.05, 0.1) is 10.5 Å². The summed E-state index contributed by atoms with van der Waals surface area (Å²) < 4.78 is 42.7. The van der Waals surface area contributed by atoms with E-state index < -0.39 is 54.6 Å². The first kappa shape index (κ1) is 19.7. The Morgan fingerprint density at radius 3 is 2.28 bits per heavy atom. The van der Waals surface area contributed by atoms with Crippen molar-refractivity contribution in [3.8, 4) is 0 Å². The summed E-state index contributed by atoms with van der Waals surface area (Å²) in [5, 5.41) is -0.448. The summed E-state index contributed by atoms with van der Waals surface area (Å²) in [7, 11) is -1.96. The minimum Gasteiger partial charge on any atom is -0.287 e. The van der Waals surface area contributed by atoms with Crippen LogP contribution in [0.25, 0.3) is 0 Å². The topological polar surface area (TPSA) is 42.9 Å². The molecule has 2 rings (SSSR count). The third-order valence-electron chi connectivity index (χ3n) is 4.26. The standard InChI is InChI=1S/C17H18ClF3N2OS/c1-17(2,3)25(4,5)14-10(18)16(21)23-12(11(14)19)13(24)9-7-6-8-22-15(9)20/h6-8H,1-5H3. The van der Waals surface area contributed by atoms with Gasteiger partial charge in [-0.2, -0.15) is 8.78 Å². The van der Waals surface area contributed by atoms with Gasteiger partial charge >= 0.3 is 0 Å². The lowest BCUT2D eigenvalue weighted by atomic mass is 10.1. The molecule has 25 heavy (non-hydrogen) atoms. The van der Waals surface area contributed by atoms with Crippen LogP contribution in [0, 0.1) is 17.7 Å². The summed E-state index contributed by atoms with van der Waals surface area (Å²) in [6.45, 7) is 5.62.